The fraction of sp³-hybridized carbons (Fsp3) is 0.533. The minimum atomic E-state index is 0. The molecule has 0 aliphatic carbocycles. The van der Waals surface area contributed by atoms with Gasteiger partial charge < -0.3 is 10.6 Å². The highest BCUT2D eigenvalue weighted by atomic mass is 35.5. The second kappa shape index (κ2) is 9.27. The van der Waals surface area contributed by atoms with Gasteiger partial charge in [0.15, 0.2) is 0 Å². The molecule has 1 unspecified atom stereocenters. The molecule has 1 aromatic carbocycles. The number of halogens is 1. The van der Waals surface area contributed by atoms with Crippen LogP contribution >= 0.6 is 24.2 Å². The van der Waals surface area contributed by atoms with Crippen molar-refractivity contribution in [2.24, 2.45) is 0 Å². The number of benzene rings is 1. The Bertz CT molecular complexity index is 396. The van der Waals surface area contributed by atoms with Gasteiger partial charge in [0.05, 0.1) is 5.25 Å². The quantitative estimate of drug-likeness (QED) is 0.878. The van der Waals surface area contributed by atoms with Gasteiger partial charge in [-0.2, -0.15) is 0 Å². The lowest BCUT2D eigenvalue weighted by Crippen LogP contribution is -2.45. The molecule has 0 aromatic heterocycles. The molecule has 2 N–H and O–H groups in total. The largest absolute Gasteiger partial charge is 0.352 e. The summed E-state index contributed by atoms with van der Waals surface area (Å²) in [4.78, 5) is 12.1. The van der Waals surface area contributed by atoms with Crippen molar-refractivity contribution in [3.63, 3.8) is 0 Å². The Morgan fingerprint density at radius 1 is 1.35 bits per heavy atom. The van der Waals surface area contributed by atoms with Crippen LogP contribution in [0.25, 0.3) is 0 Å². The van der Waals surface area contributed by atoms with Crippen LogP contribution in [0.3, 0.4) is 0 Å². The molecular weight excluding hydrogens is 292 g/mol. The van der Waals surface area contributed by atoms with Crippen LogP contribution in [0, 0.1) is 0 Å². The average Bonchev–Trinajstić information content (AvgIpc) is 2.47. The molecule has 5 heteroatoms. The predicted octanol–water partition coefficient (Wildman–Crippen LogP) is 2.60. The van der Waals surface area contributed by atoms with Crippen molar-refractivity contribution in [1.82, 2.24) is 10.6 Å². The minimum Gasteiger partial charge on any atom is -0.352 e. The van der Waals surface area contributed by atoms with Crippen molar-refractivity contribution >= 4 is 30.1 Å². The molecule has 1 fully saturated rings. The summed E-state index contributed by atoms with van der Waals surface area (Å²) in [6, 6.07) is 10.6. The third-order valence-electron chi connectivity index (χ3n) is 3.40. The average molecular weight is 315 g/mol. The fourth-order valence-corrected chi connectivity index (χ4v) is 3.01. The van der Waals surface area contributed by atoms with E-state index in [1.54, 1.807) is 11.8 Å². The Kier molecular flexibility index (Phi) is 8.04. The van der Waals surface area contributed by atoms with E-state index in [2.05, 4.69) is 22.8 Å². The summed E-state index contributed by atoms with van der Waals surface area (Å²) in [5.74, 6) is 1.06. The van der Waals surface area contributed by atoms with Crippen LogP contribution in [0.5, 0.6) is 0 Å². The maximum Gasteiger partial charge on any atom is 0.233 e. The maximum absolute atomic E-state index is 12.1. The van der Waals surface area contributed by atoms with Crippen LogP contribution in [0.1, 0.15) is 25.3 Å². The van der Waals surface area contributed by atoms with E-state index in [1.165, 1.54) is 5.56 Å². The summed E-state index contributed by atoms with van der Waals surface area (Å²) < 4.78 is 0. The number of amides is 1. The Labute approximate surface area is 131 Å². The standard InChI is InChI=1S/C15H22N2OS.ClH/c1-12(19-11-13-5-3-2-4-6-13)15(18)17-14-7-9-16-10-8-14;/h2-6,12,14,16H,7-11H2,1H3,(H,17,18);1H. The van der Waals surface area contributed by atoms with Gasteiger partial charge in [0.2, 0.25) is 5.91 Å². The molecule has 1 aliphatic heterocycles. The highest BCUT2D eigenvalue weighted by Crippen LogP contribution is 2.18. The predicted molar refractivity (Wildman–Crippen MR) is 88.5 cm³/mol. The molecule has 3 nitrogen and oxygen atoms in total. The highest BCUT2D eigenvalue weighted by Gasteiger charge is 2.19. The Hall–Kier alpha value is -0.710. The van der Waals surface area contributed by atoms with E-state index in [1.807, 2.05) is 25.1 Å². The van der Waals surface area contributed by atoms with Crippen molar-refractivity contribution in [3.8, 4) is 0 Å². The first-order valence-corrected chi connectivity index (χ1v) is 7.97. The number of piperidine rings is 1. The molecule has 0 radical (unpaired) electrons. The summed E-state index contributed by atoms with van der Waals surface area (Å²) in [7, 11) is 0. The monoisotopic (exact) mass is 314 g/mol. The Balaban J connectivity index is 0.00000200. The van der Waals surface area contributed by atoms with Gasteiger partial charge in [-0.15, -0.1) is 24.2 Å². The van der Waals surface area contributed by atoms with Crippen molar-refractivity contribution in [3.05, 3.63) is 35.9 Å². The van der Waals surface area contributed by atoms with Crippen LogP contribution in [0.15, 0.2) is 30.3 Å². The lowest BCUT2D eigenvalue weighted by molar-refractivity contribution is -0.121. The number of rotatable bonds is 5. The first kappa shape index (κ1) is 17.3. The summed E-state index contributed by atoms with van der Waals surface area (Å²) in [6.07, 6.45) is 2.09. The van der Waals surface area contributed by atoms with Crippen molar-refractivity contribution in [2.75, 3.05) is 13.1 Å². The fourth-order valence-electron chi connectivity index (χ4n) is 2.16. The van der Waals surface area contributed by atoms with Crippen molar-refractivity contribution < 1.29 is 4.79 Å². The second-order valence-corrected chi connectivity index (χ2v) is 6.30. The molecule has 1 saturated heterocycles. The van der Waals surface area contributed by atoms with Crippen LogP contribution in [0.2, 0.25) is 0 Å². The van der Waals surface area contributed by atoms with Crippen molar-refractivity contribution in [1.29, 1.82) is 0 Å². The van der Waals surface area contributed by atoms with E-state index in [9.17, 15) is 4.79 Å². The third-order valence-corrected chi connectivity index (χ3v) is 4.61. The van der Waals surface area contributed by atoms with E-state index in [0.717, 1.165) is 31.7 Å². The van der Waals surface area contributed by atoms with E-state index in [4.69, 9.17) is 0 Å². The van der Waals surface area contributed by atoms with Gasteiger partial charge >= 0.3 is 0 Å². The number of carbonyl (C=O) groups excluding carboxylic acids is 1. The zero-order chi connectivity index (χ0) is 13.5. The summed E-state index contributed by atoms with van der Waals surface area (Å²) >= 11 is 1.70. The lowest BCUT2D eigenvalue weighted by atomic mass is 10.1. The molecule has 1 heterocycles. The van der Waals surface area contributed by atoms with Crippen LogP contribution in [0.4, 0.5) is 0 Å². The topological polar surface area (TPSA) is 41.1 Å². The Morgan fingerprint density at radius 3 is 2.65 bits per heavy atom. The van der Waals surface area contributed by atoms with E-state index in [-0.39, 0.29) is 23.6 Å². The van der Waals surface area contributed by atoms with Crippen LogP contribution in [-0.2, 0) is 10.5 Å². The Morgan fingerprint density at radius 2 is 2.00 bits per heavy atom. The number of nitrogens with one attached hydrogen (secondary N) is 2. The van der Waals surface area contributed by atoms with Gasteiger partial charge in [0, 0.05) is 11.8 Å². The summed E-state index contributed by atoms with van der Waals surface area (Å²) in [5.41, 5.74) is 1.27. The first-order valence-electron chi connectivity index (χ1n) is 6.92. The number of carbonyl (C=O) groups is 1. The van der Waals surface area contributed by atoms with Crippen molar-refractivity contribution in [2.45, 2.75) is 36.8 Å². The molecule has 1 amide bonds. The minimum absolute atomic E-state index is 0. The molecule has 1 aliphatic rings. The second-order valence-electron chi connectivity index (χ2n) is 4.97. The third kappa shape index (κ3) is 5.73. The van der Waals surface area contributed by atoms with Crippen LogP contribution < -0.4 is 10.6 Å². The summed E-state index contributed by atoms with van der Waals surface area (Å²) in [6.45, 7) is 4.01. The summed E-state index contributed by atoms with van der Waals surface area (Å²) in [5, 5.41) is 6.47. The molecule has 1 aromatic rings. The van der Waals surface area contributed by atoms with Gasteiger partial charge in [0.1, 0.15) is 0 Å². The molecule has 20 heavy (non-hydrogen) atoms. The molecule has 2 rings (SSSR count). The van der Waals surface area contributed by atoms with E-state index in [0.29, 0.717) is 6.04 Å². The molecule has 0 spiro atoms. The number of thioether (sulfide) groups is 1. The number of hydrogen-bond acceptors (Lipinski definition) is 3. The molecular formula is C15H23ClN2OS. The highest BCUT2D eigenvalue weighted by molar-refractivity contribution is 7.99. The first-order chi connectivity index (χ1) is 9.25. The molecule has 0 saturated carbocycles. The lowest BCUT2D eigenvalue weighted by Gasteiger charge is -2.25. The van der Waals surface area contributed by atoms with Gasteiger partial charge in [0.25, 0.3) is 0 Å². The molecule has 1 atom stereocenters. The van der Waals surface area contributed by atoms with E-state index >= 15 is 0 Å². The zero-order valence-electron chi connectivity index (χ0n) is 11.8. The van der Waals surface area contributed by atoms with Gasteiger partial charge in [-0.1, -0.05) is 30.3 Å². The zero-order valence-corrected chi connectivity index (χ0v) is 13.4. The molecule has 112 valence electrons. The smallest absolute Gasteiger partial charge is 0.233 e. The van der Waals surface area contributed by atoms with Gasteiger partial charge in [-0.25, -0.2) is 0 Å². The van der Waals surface area contributed by atoms with E-state index < -0.39 is 0 Å². The van der Waals surface area contributed by atoms with Gasteiger partial charge in [-0.3, -0.25) is 4.79 Å². The number of hydrogen-bond donors (Lipinski definition) is 2. The van der Waals surface area contributed by atoms with Gasteiger partial charge in [-0.05, 0) is 38.4 Å². The normalized spacial score (nSPS) is 17.1. The maximum atomic E-state index is 12.1. The SMILES string of the molecule is CC(SCc1ccccc1)C(=O)NC1CCNCC1.Cl. The van der Waals surface area contributed by atoms with Crippen LogP contribution in [-0.4, -0.2) is 30.3 Å². The molecule has 0 bridgehead atoms.